The summed E-state index contributed by atoms with van der Waals surface area (Å²) in [6, 6.07) is 4.26. The van der Waals surface area contributed by atoms with Gasteiger partial charge in [0, 0.05) is 6.92 Å². The monoisotopic (exact) mass is 321 g/mol. The van der Waals surface area contributed by atoms with Gasteiger partial charge in [-0.15, -0.1) is 0 Å². The van der Waals surface area contributed by atoms with Crippen molar-refractivity contribution in [2.45, 2.75) is 19.8 Å². The summed E-state index contributed by atoms with van der Waals surface area (Å²) in [5.74, 6) is -4.16. The van der Waals surface area contributed by atoms with Crippen LogP contribution in [0.15, 0.2) is 23.9 Å². The molecule has 0 radical (unpaired) electrons. The molecule has 0 saturated carbocycles. The Kier molecular flexibility index (Phi) is 6.02. The van der Waals surface area contributed by atoms with Crippen LogP contribution < -0.4 is 5.32 Å². The molecular formula is C15H15NO7. The van der Waals surface area contributed by atoms with E-state index < -0.39 is 30.2 Å². The molecule has 0 unspecified atom stereocenters. The number of carbonyl (C=O) groups excluding carboxylic acids is 1. The Morgan fingerprint density at radius 3 is 2.04 bits per heavy atom. The third-order valence-corrected chi connectivity index (χ3v) is 2.77. The Hall–Kier alpha value is -3.16. The molecule has 0 spiro atoms. The highest BCUT2D eigenvalue weighted by Gasteiger charge is 2.13. The summed E-state index contributed by atoms with van der Waals surface area (Å²) in [6.45, 7) is 1.16. The summed E-state index contributed by atoms with van der Waals surface area (Å²) in [4.78, 5) is 43.7. The van der Waals surface area contributed by atoms with Crippen LogP contribution in [0.1, 0.15) is 23.6 Å². The van der Waals surface area contributed by atoms with Crippen LogP contribution in [0.5, 0.6) is 0 Å². The molecular weight excluding hydrogens is 306 g/mol. The van der Waals surface area contributed by atoms with E-state index in [1.165, 1.54) is 24.3 Å². The first-order valence-corrected chi connectivity index (χ1v) is 6.47. The maximum Gasteiger partial charge on any atom is 0.352 e. The number of carboxylic acid groups (broad SMARTS) is 3. The number of rotatable bonds is 7. The van der Waals surface area contributed by atoms with Crippen molar-refractivity contribution in [1.29, 1.82) is 0 Å². The van der Waals surface area contributed by atoms with Crippen LogP contribution in [0.4, 0.5) is 0 Å². The van der Waals surface area contributed by atoms with Gasteiger partial charge in [0.15, 0.2) is 0 Å². The molecule has 0 fully saturated rings. The van der Waals surface area contributed by atoms with Crippen molar-refractivity contribution in [3.8, 4) is 0 Å². The minimum absolute atomic E-state index is 0.265. The summed E-state index contributed by atoms with van der Waals surface area (Å²) in [7, 11) is 0. The minimum Gasteiger partial charge on any atom is -0.481 e. The Morgan fingerprint density at radius 1 is 1.00 bits per heavy atom. The molecule has 122 valence electrons. The van der Waals surface area contributed by atoms with Gasteiger partial charge in [-0.1, -0.05) is 18.2 Å². The third-order valence-electron chi connectivity index (χ3n) is 2.77. The van der Waals surface area contributed by atoms with E-state index in [1.807, 2.05) is 0 Å². The lowest BCUT2D eigenvalue weighted by Gasteiger charge is -2.08. The lowest BCUT2D eigenvalue weighted by atomic mass is 9.98. The van der Waals surface area contributed by atoms with Crippen molar-refractivity contribution in [2.75, 3.05) is 0 Å². The molecule has 8 nitrogen and oxygen atoms in total. The van der Waals surface area contributed by atoms with Gasteiger partial charge in [0.2, 0.25) is 5.91 Å². The number of carboxylic acids is 3. The average molecular weight is 321 g/mol. The van der Waals surface area contributed by atoms with Crippen molar-refractivity contribution in [3.63, 3.8) is 0 Å². The highest BCUT2D eigenvalue weighted by atomic mass is 16.4. The fourth-order valence-electron chi connectivity index (χ4n) is 1.91. The Morgan fingerprint density at radius 2 is 1.57 bits per heavy atom. The van der Waals surface area contributed by atoms with Crippen molar-refractivity contribution < 1.29 is 34.5 Å². The standard InChI is InChI=1S/C15H15NO7/c1-8(17)16-12(15(22)23)5-9-2-3-10(6-13(18)19)11(4-9)7-14(20)21/h2-5H,6-7H2,1H3,(H,16,17)(H,18,19)(H,20,21)(H,22,23)/b12-5-. The molecule has 1 rings (SSSR count). The molecule has 23 heavy (non-hydrogen) atoms. The highest BCUT2D eigenvalue weighted by molar-refractivity contribution is 5.96. The molecule has 1 amide bonds. The number of aliphatic carboxylic acids is 3. The third kappa shape index (κ3) is 6.00. The normalized spacial score (nSPS) is 10.9. The van der Waals surface area contributed by atoms with Crippen LogP contribution in [-0.2, 0) is 32.0 Å². The Labute approximate surface area is 131 Å². The molecule has 0 heterocycles. The molecule has 0 saturated heterocycles. The topological polar surface area (TPSA) is 141 Å². The fourth-order valence-corrected chi connectivity index (χ4v) is 1.91. The van der Waals surface area contributed by atoms with E-state index in [2.05, 4.69) is 5.32 Å². The van der Waals surface area contributed by atoms with E-state index in [0.717, 1.165) is 6.92 Å². The van der Waals surface area contributed by atoms with Crippen molar-refractivity contribution in [2.24, 2.45) is 0 Å². The van der Waals surface area contributed by atoms with Crippen LogP contribution >= 0.6 is 0 Å². The van der Waals surface area contributed by atoms with Gasteiger partial charge in [-0.3, -0.25) is 14.4 Å². The van der Waals surface area contributed by atoms with Crippen LogP contribution in [0.2, 0.25) is 0 Å². The maximum absolute atomic E-state index is 11.1. The van der Waals surface area contributed by atoms with Crippen LogP contribution in [0, 0.1) is 0 Å². The van der Waals surface area contributed by atoms with E-state index in [4.69, 9.17) is 15.3 Å². The number of amides is 1. The second-order valence-corrected chi connectivity index (χ2v) is 4.71. The molecule has 0 atom stereocenters. The van der Waals surface area contributed by atoms with Gasteiger partial charge in [0.1, 0.15) is 5.70 Å². The molecule has 0 aliphatic rings. The fraction of sp³-hybridized carbons (Fsp3) is 0.200. The van der Waals surface area contributed by atoms with Crippen molar-refractivity contribution >= 4 is 29.9 Å². The summed E-state index contributed by atoms with van der Waals surface area (Å²) < 4.78 is 0. The number of carbonyl (C=O) groups is 4. The molecule has 4 N–H and O–H groups in total. The van der Waals surface area contributed by atoms with Gasteiger partial charge in [0.25, 0.3) is 0 Å². The lowest BCUT2D eigenvalue weighted by molar-refractivity contribution is -0.137. The maximum atomic E-state index is 11.1. The van der Waals surface area contributed by atoms with Gasteiger partial charge >= 0.3 is 17.9 Å². The van der Waals surface area contributed by atoms with Gasteiger partial charge in [0.05, 0.1) is 12.8 Å². The van der Waals surface area contributed by atoms with Crippen molar-refractivity contribution in [1.82, 2.24) is 5.32 Å². The van der Waals surface area contributed by atoms with E-state index in [-0.39, 0.29) is 17.7 Å². The summed E-state index contributed by atoms with van der Waals surface area (Å²) in [6.07, 6.45) is 0.427. The number of benzene rings is 1. The van der Waals surface area contributed by atoms with E-state index in [1.54, 1.807) is 0 Å². The zero-order valence-corrected chi connectivity index (χ0v) is 12.2. The van der Waals surface area contributed by atoms with Gasteiger partial charge in [-0.05, 0) is 22.8 Å². The molecule has 0 aromatic heterocycles. The first kappa shape index (κ1) is 17.9. The molecule has 8 heteroatoms. The summed E-state index contributed by atoms with van der Waals surface area (Å²) in [5, 5.41) is 28.9. The number of nitrogens with one attached hydrogen (secondary N) is 1. The van der Waals surface area contributed by atoms with Crippen LogP contribution in [-0.4, -0.2) is 39.1 Å². The quantitative estimate of drug-likeness (QED) is 0.536. The zero-order valence-electron chi connectivity index (χ0n) is 12.2. The Balaban J connectivity index is 3.26. The molecule has 0 aliphatic carbocycles. The van der Waals surface area contributed by atoms with Gasteiger partial charge in [-0.25, -0.2) is 4.79 Å². The Bertz CT molecular complexity index is 691. The largest absolute Gasteiger partial charge is 0.481 e. The van der Waals surface area contributed by atoms with E-state index in [9.17, 15) is 19.2 Å². The molecule has 1 aromatic rings. The molecule has 0 aliphatic heterocycles. The number of hydrogen-bond donors (Lipinski definition) is 4. The van der Waals surface area contributed by atoms with Crippen molar-refractivity contribution in [3.05, 3.63) is 40.6 Å². The minimum atomic E-state index is -1.35. The van der Waals surface area contributed by atoms with Gasteiger partial charge in [-0.2, -0.15) is 0 Å². The predicted molar refractivity (Wildman–Crippen MR) is 78.6 cm³/mol. The first-order valence-electron chi connectivity index (χ1n) is 6.47. The molecule has 0 bridgehead atoms. The SMILES string of the molecule is CC(=O)N/C(=C\c1ccc(CC(=O)O)c(CC(=O)O)c1)C(=O)O. The second-order valence-electron chi connectivity index (χ2n) is 4.71. The first-order chi connectivity index (χ1) is 10.7. The zero-order chi connectivity index (χ0) is 17.6. The van der Waals surface area contributed by atoms with Gasteiger partial charge < -0.3 is 20.6 Å². The summed E-state index contributed by atoms with van der Waals surface area (Å²) in [5.41, 5.74) is 0.556. The van der Waals surface area contributed by atoms with E-state index in [0.29, 0.717) is 11.1 Å². The number of hydrogen-bond acceptors (Lipinski definition) is 4. The van der Waals surface area contributed by atoms with E-state index >= 15 is 0 Å². The average Bonchev–Trinajstić information content (AvgIpc) is 2.39. The van der Waals surface area contributed by atoms with Crippen LogP contribution in [0.25, 0.3) is 6.08 Å². The van der Waals surface area contributed by atoms with Crippen LogP contribution in [0.3, 0.4) is 0 Å². The summed E-state index contributed by atoms with van der Waals surface area (Å²) >= 11 is 0. The smallest absolute Gasteiger partial charge is 0.352 e. The highest BCUT2D eigenvalue weighted by Crippen LogP contribution is 2.16. The predicted octanol–water partition coefficient (Wildman–Crippen LogP) is 0.502. The molecule has 1 aromatic carbocycles. The lowest BCUT2D eigenvalue weighted by Crippen LogP contribution is -2.24. The second kappa shape index (κ2) is 7.74.